The minimum Gasteiger partial charge on any atom is -0.447 e. The van der Waals surface area contributed by atoms with Gasteiger partial charge in [-0.1, -0.05) is 19.1 Å². The minimum atomic E-state index is -0.373. The van der Waals surface area contributed by atoms with Crippen molar-refractivity contribution >= 4 is 12.0 Å². The fraction of sp³-hybridized carbons (Fsp3) is 0.600. The third-order valence-corrected chi connectivity index (χ3v) is 6.20. The summed E-state index contributed by atoms with van der Waals surface area (Å²) in [5, 5.41) is 2.84. The Morgan fingerprint density at radius 3 is 2.69 bits per heavy atom. The van der Waals surface area contributed by atoms with Crippen molar-refractivity contribution in [1.29, 1.82) is 0 Å². The average Bonchev–Trinajstić information content (AvgIpc) is 3.03. The molecule has 2 aliphatic heterocycles. The van der Waals surface area contributed by atoms with Crippen molar-refractivity contribution in [3.05, 3.63) is 35.1 Å². The summed E-state index contributed by atoms with van der Waals surface area (Å²) < 4.78 is 18.7. The molecule has 4 rings (SSSR count). The molecule has 0 aromatic heterocycles. The number of rotatable bonds is 3. The Balaban J connectivity index is 1.31. The highest BCUT2D eigenvalue weighted by Crippen LogP contribution is 2.42. The number of hydrogen-bond donors (Lipinski definition) is 1. The minimum absolute atomic E-state index is 0.00827. The molecule has 1 aliphatic carbocycles. The van der Waals surface area contributed by atoms with Crippen LogP contribution in [-0.2, 0) is 16.0 Å². The zero-order valence-corrected chi connectivity index (χ0v) is 15.1. The number of nitrogens with zero attached hydrogens (tertiary/aromatic N) is 1. The zero-order chi connectivity index (χ0) is 18.3. The smallest absolute Gasteiger partial charge is 0.407 e. The Morgan fingerprint density at radius 1 is 1.35 bits per heavy atom. The number of hydrogen-bond acceptors (Lipinski definition) is 3. The normalized spacial score (nSPS) is 28.6. The number of nitrogens with one attached hydrogen (secondary N) is 1. The fourth-order valence-electron chi connectivity index (χ4n) is 4.58. The number of carbonyl (C=O) groups excluding carboxylic acids is 2. The second-order valence-electron chi connectivity index (χ2n) is 7.89. The molecule has 0 radical (unpaired) electrons. The number of aryl methyl sites for hydroxylation is 1. The van der Waals surface area contributed by atoms with Crippen LogP contribution in [0.25, 0.3) is 0 Å². The van der Waals surface area contributed by atoms with Gasteiger partial charge in [0, 0.05) is 19.0 Å². The standard InChI is InChI=1S/C20H25FN2O3/c1-2-13-9-15(3-4-17(13)21)14-5-7-23(8-6-14)18(24)16-10-20(11-16)12-26-19(25)22-20/h3-4,9,14,16H,2,5-8,10-12H2,1H3,(H,22,25)/t16-,20+. The average molecular weight is 360 g/mol. The molecule has 1 N–H and O–H groups in total. The summed E-state index contributed by atoms with van der Waals surface area (Å²) in [4.78, 5) is 25.9. The maximum absolute atomic E-state index is 13.7. The first-order valence-corrected chi connectivity index (χ1v) is 9.52. The molecule has 1 saturated carbocycles. The molecule has 2 heterocycles. The summed E-state index contributed by atoms with van der Waals surface area (Å²) in [6.07, 6.45) is 3.50. The number of benzene rings is 1. The molecule has 2 saturated heterocycles. The number of carbonyl (C=O) groups is 2. The van der Waals surface area contributed by atoms with Gasteiger partial charge in [-0.2, -0.15) is 0 Å². The van der Waals surface area contributed by atoms with Gasteiger partial charge < -0.3 is 15.0 Å². The first kappa shape index (κ1) is 17.3. The van der Waals surface area contributed by atoms with Gasteiger partial charge in [0.25, 0.3) is 0 Å². The van der Waals surface area contributed by atoms with Crippen LogP contribution in [0.2, 0.25) is 0 Å². The molecular formula is C20H25FN2O3. The summed E-state index contributed by atoms with van der Waals surface area (Å²) in [6.45, 7) is 3.83. The number of amides is 2. The lowest BCUT2D eigenvalue weighted by Gasteiger charge is -2.45. The van der Waals surface area contributed by atoms with Gasteiger partial charge in [0.05, 0.1) is 5.54 Å². The zero-order valence-electron chi connectivity index (χ0n) is 15.1. The third-order valence-electron chi connectivity index (χ3n) is 6.20. The first-order chi connectivity index (χ1) is 12.5. The van der Waals surface area contributed by atoms with Crippen LogP contribution in [0.4, 0.5) is 9.18 Å². The van der Waals surface area contributed by atoms with E-state index in [2.05, 4.69) is 5.32 Å². The maximum atomic E-state index is 13.7. The lowest BCUT2D eigenvalue weighted by Crippen LogP contribution is -2.58. The molecule has 1 aromatic carbocycles. The van der Waals surface area contributed by atoms with E-state index in [0.29, 0.717) is 31.8 Å². The van der Waals surface area contributed by atoms with E-state index in [1.54, 1.807) is 6.07 Å². The Morgan fingerprint density at radius 2 is 2.08 bits per heavy atom. The molecule has 0 unspecified atom stereocenters. The van der Waals surface area contributed by atoms with Gasteiger partial charge in [-0.15, -0.1) is 0 Å². The molecule has 140 valence electrons. The van der Waals surface area contributed by atoms with Gasteiger partial charge in [0.15, 0.2) is 0 Å². The number of cyclic esters (lactones) is 1. The fourth-order valence-corrected chi connectivity index (χ4v) is 4.58. The van der Waals surface area contributed by atoms with E-state index in [1.165, 1.54) is 5.56 Å². The van der Waals surface area contributed by atoms with Crippen molar-refractivity contribution < 1.29 is 18.7 Å². The van der Waals surface area contributed by atoms with E-state index < -0.39 is 0 Å². The van der Waals surface area contributed by atoms with E-state index in [4.69, 9.17) is 4.74 Å². The second-order valence-corrected chi connectivity index (χ2v) is 7.89. The van der Waals surface area contributed by atoms with Crippen molar-refractivity contribution in [2.24, 2.45) is 5.92 Å². The predicted molar refractivity (Wildman–Crippen MR) is 94.3 cm³/mol. The van der Waals surface area contributed by atoms with Gasteiger partial charge in [-0.25, -0.2) is 9.18 Å². The molecule has 0 bridgehead atoms. The molecule has 1 aromatic rings. The predicted octanol–water partition coefficient (Wildman–Crippen LogP) is 2.98. The largest absolute Gasteiger partial charge is 0.447 e. The van der Waals surface area contributed by atoms with Gasteiger partial charge in [0.1, 0.15) is 12.4 Å². The highest BCUT2D eigenvalue weighted by Gasteiger charge is 2.53. The first-order valence-electron chi connectivity index (χ1n) is 9.52. The lowest BCUT2D eigenvalue weighted by molar-refractivity contribution is -0.142. The SMILES string of the molecule is CCc1cc(C2CCN(C(=O)[C@H]3C[C@]4(COC(=O)N4)C3)CC2)ccc1F. The highest BCUT2D eigenvalue weighted by molar-refractivity contribution is 5.81. The Kier molecular flexibility index (Phi) is 4.37. The van der Waals surface area contributed by atoms with Crippen molar-refractivity contribution in [2.75, 3.05) is 19.7 Å². The van der Waals surface area contributed by atoms with E-state index in [9.17, 15) is 14.0 Å². The van der Waals surface area contributed by atoms with Crippen LogP contribution in [-0.4, -0.2) is 42.1 Å². The summed E-state index contributed by atoms with van der Waals surface area (Å²) in [6, 6.07) is 5.43. The van der Waals surface area contributed by atoms with Crippen LogP contribution < -0.4 is 5.32 Å². The van der Waals surface area contributed by atoms with Crippen LogP contribution in [0, 0.1) is 11.7 Å². The van der Waals surface area contributed by atoms with Crippen molar-refractivity contribution in [3.8, 4) is 0 Å². The summed E-state index contributed by atoms with van der Waals surface area (Å²) in [5.74, 6) is 0.445. The third kappa shape index (κ3) is 3.06. The van der Waals surface area contributed by atoms with E-state index in [0.717, 1.165) is 31.5 Å². The Hall–Kier alpha value is -2.11. The van der Waals surface area contributed by atoms with Gasteiger partial charge in [-0.05, 0) is 55.2 Å². The molecule has 26 heavy (non-hydrogen) atoms. The highest BCUT2D eigenvalue weighted by atomic mass is 19.1. The van der Waals surface area contributed by atoms with Gasteiger partial charge >= 0.3 is 6.09 Å². The summed E-state index contributed by atoms with van der Waals surface area (Å²) >= 11 is 0. The second kappa shape index (κ2) is 6.56. The van der Waals surface area contributed by atoms with E-state index >= 15 is 0 Å². The monoisotopic (exact) mass is 360 g/mol. The summed E-state index contributed by atoms with van der Waals surface area (Å²) in [7, 11) is 0. The molecule has 1 spiro atoms. The van der Waals surface area contributed by atoms with Crippen molar-refractivity contribution in [3.63, 3.8) is 0 Å². The van der Waals surface area contributed by atoms with Crippen LogP contribution in [0.3, 0.4) is 0 Å². The molecule has 3 aliphatic rings. The lowest BCUT2D eigenvalue weighted by atomic mass is 9.68. The maximum Gasteiger partial charge on any atom is 0.407 e. The van der Waals surface area contributed by atoms with Gasteiger partial charge in [-0.3, -0.25) is 4.79 Å². The van der Waals surface area contributed by atoms with E-state index in [-0.39, 0.29) is 29.3 Å². The topological polar surface area (TPSA) is 58.6 Å². The van der Waals surface area contributed by atoms with Crippen LogP contribution >= 0.6 is 0 Å². The number of halogens is 1. The Bertz CT molecular complexity index is 722. The summed E-state index contributed by atoms with van der Waals surface area (Å²) in [5.41, 5.74) is 1.64. The van der Waals surface area contributed by atoms with Gasteiger partial charge in [0.2, 0.25) is 5.91 Å². The van der Waals surface area contributed by atoms with Crippen molar-refractivity contribution in [1.82, 2.24) is 10.2 Å². The number of ether oxygens (including phenoxy) is 1. The van der Waals surface area contributed by atoms with Crippen LogP contribution in [0.5, 0.6) is 0 Å². The van der Waals surface area contributed by atoms with E-state index in [1.807, 2.05) is 24.0 Å². The number of likely N-dealkylation sites (tertiary alicyclic amines) is 1. The van der Waals surface area contributed by atoms with Crippen LogP contribution in [0.15, 0.2) is 18.2 Å². The molecule has 6 heteroatoms. The number of piperidine rings is 1. The quantitative estimate of drug-likeness (QED) is 0.902. The molecule has 2 amide bonds. The molecule has 3 fully saturated rings. The van der Waals surface area contributed by atoms with Crippen molar-refractivity contribution in [2.45, 2.75) is 50.5 Å². The number of alkyl carbamates (subject to hydrolysis) is 1. The Labute approximate surface area is 152 Å². The molecular weight excluding hydrogens is 335 g/mol. The molecule has 0 atom stereocenters. The van der Waals surface area contributed by atoms with Crippen LogP contribution in [0.1, 0.15) is 49.7 Å². The molecule has 5 nitrogen and oxygen atoms in total.